The molecule has 2 fully saturated rings. The fourth-order valence-corrected chi connectivity index (χ4v) is 2.92. The smallest absolute Gasteiger partial charge is 0.404 e. The molecule has 0 aromatic heterocycles. The molecule has 2 aliphatic rings. The molecule has 0 aromatic carbocycles. The zero-order chi connectivity index (χ0) is 9.97. The first-order valence-corrected chi connectivity index (χ1v) is 5.71. The fraction of sp³-hybridized carbons (Fsp3) is 0.909. The summed E-state index contributed by atoms with van der Waals surface area (Å²) >= 11 is 0. The lowest BCUT2D eigenvalue weighted by atomic mass is 10.0. The van der Waals surface area contributed by atoms with Crippen LogP contribution >= 0.6 is 0 Å². The van der Waals surface area contributed by atoms with Gasteiger partial charge in [-0.25, -0.2) is 4.79 Å². The lowest BCUT2D eigenvalue weighted by molar-refractivity contribution is 0.147. The first-order chi connectivity index (χ1) is 6.79. The van der Waals surface area contributed by atoms with E-state index in [1.807, 2.05) is 0 Å². The summed E-state index contributed by atoms with van der Waals surface area (Å²) in [6.45, 7) is 0.560. The van der Waals surface area contributed by atoms with Gasteiger partial charge in [0.25, 0.3) is 0 Å². The van der Waals surface area contributed by atoms with Gasteiger partial charge in [-0.1, -0.05) is 25.7 Å². The summed E-state index contributed by atoms with van der Waals surface area (Å²) in [5, 5.41) is 0. The lowest BCUT2D eigenvalue weighted by Gasteiger charge is -2.05. The Morgan fingerprint density at radius 1 is 1.14 bits per heavy atom. The van der Waals surface area contributed by atoms with E-state index in [-0.39, 0.29) is 0 Å². The number of nitrogens with two attached hydrogens (primary N) is 1. The summed E-state index contributed by atoms with van der Waals surface area (Å²) in [5.74, 6) is 2.28. The van der Waals surface area contributed by atoms with Gasteiger partial charge < -0.3 is 10.5 Å². The van der Waals surface area contributed by atoms with Crippen LogP contribution in [-0.4, -0.2) is 12.7 Å². The van der Waals surface area contributed by atoms with Crippen molar-refractivity contribution in [2.24, 2.45) is 23.5 Å². The van der Waals surface area contributed by atoms with Crippen LogP contribution in [0.15, 0.2) is 0 Å². The Hall–Kier alpha value is -0.730. The quantitative estimate of drug-likeness (QED) is 0.738. The molecule has 14 heavy (non-hydrogen) atoms. The van der Waals surface area contributed by atoms with E-state index < -0.39 is 6.09 Å². The van der Waals surface area contributed by atoms with E-state index in [2.05, 4.69) is 0 Å². The molecule has 3 heteroatoms. The first kappa shape index (κ1) is 9.81. The third-order valence-corrected chi connectivity index (χ3v) is 3.75. The molecule has 0 spiro atoms. The number of amides is 1. The third-order valence-electron chi connectivity index (χ3n) is 3.75. The van der Waals surface area contributed by atoms with Crippen molar-refractivity contribution in [2.45, 2.75) is 38.5 Å². The van der Waals surface area contributed by atoms with Crippen LogP contribution in [0.4, 0.5) is 4.79 Å². The van der Waals surface area contributed by atoms with Gasteiger partial charge in [0.15, 0.2) is 0 Å². The average Bonchev–Trinajstić information content (AvgIpc) is 2.72. The standard InChI is InChI=1S/C11H19NO2/c12-11(13)14-7-10-8-5-3-1-2-4-6-9(8)10/h8-10H,1-7H2,(H2,12,13). The molecular formula is C11H19NO2. The van der Waals surface area contributed by atoms with E-state index in [1.54, 1.807) is 0 Å². The Bertz CT molecular complexity index is 203. The van der Waals surface area contributed by atoms with Crippen molar-refractivity contribution in [2.75, 3.05) is 6.61 Å². The van der Waals surface area contributed by atoms with E-state index in [0.29, 0.717) is 12.5 Å². The maximum absolute atomic E-state index is 10.5. The SMILES string of the molecule is NC(=O)OCC1C2CCCCCCC21. The molecule has 0 aromatic rings. The van der Waals surface area contributed by atoms with Gasteiger partial charge in [-0.05, 0) is 30.6 Å². The summed E-state index contributed by atoms with van der Waals surface area (Å²) in [4.78, 5) is 10.5. The number of hydrogen-bond acceptors (Lipinski definition) is 2. The molecule has 2 unspecified atom stereocenters. The predicted molar refractivity (Wildman–Crippen MR) is 53.7 cm³/mol. The van der Waals surface area contributed by atoms with Gasteiger partial charge in [0, 0.05) is 0 Å². The molecule has 1 amide bonds. The summed E-state index contributed by atoms with van der Waals surface area (Å²) in [6.07, 6.45) is 7.51. The fourth-order valence-electron chi connectivity index (χ4n) is 2.92. The highest BCUT2D eigenvalue weighted by Crippen LogP contribution is 2.53. The highest BCUT2D eigenvalue weighted by atomic mass is 16.5. The second-order valence-electron chi connectivity index (χ2n) is 4.61. The van der Waals surface area contributed by atoms with E-state index in [1.165, 1.54) is 38.5 Å². The normalized spacial score (nSPS) is 36.4. The number of carbonyl (C=O) groups is 1. The van der Waals surface area contributed by atoms with Crippen LogP contribution in [0.1, 0.15) is 38.5 Å². The van der Waals surface area contributed by atoms with Crippen LogP contribution in [-0.2, 0) is 4.74 Å². The minimum atomic E-state index is -0.621. The largest absolute Gasteiger partial charge is 0.449 e. The average molecular weight is 197 g/mol. The molecule has 2 atom stereocenters. The molecule has 0 heterocycles. The summed E-state index contributed by atoms with van der Waals surface area (Å²) in [5.41, 5.74) is 4.96. The second-order valence-corrected chi connectivity index (χ2v) is 4.61. The highest BCUT2D eigenvalue weighted by molar-refractivity contribution is 5.64. The van der Waals surface area contributed by atoms with Crippen molar-refractivity contribution in [1.29, 1.82) is 0 Å². The Labute approximate surface area is 85.0 Å². The first-order valence-electron chi connectivity index (χ1n) is 5.71. The number of ether oxygens (including phenoxy) is 1. The topological polar surface area (TPSA) is 52.3 Å². The van der Waals surface area contributed by atoms with Crippen LogP contribution in [0.5, 0.6) is 0 Å². The van der Waals surface area contributed by atoms with Crippen LogP contribution in [0, 0.1) is 17.8 Å². The van der Waals surface area contributed by atoms with Gasteiger partial charge in [0.1, 0.15) is 0 Å². The summed E-state index contributed by atoms with van der Waals surface area (Å²) in [6, 6.07) is 0. The van der Waals surface area contributed by atoms with Gasteiger partial charge in [-0.3, -0.25) is 0 Å². The monoisotopic (exact) mass is 197 g/mol. The maximum atomic E-state index is 10.5. The van der Waals surface area contributed by atoms with Gasteiger partial charge in [0.2, 0.25) is 0 Å². The van der Waals surface area contributed by atoms with Crippen molar-refractivity contribution in [3.05, 3.63) is 0 Å². The molecule has 2 saturated carbocycles. The number of primary amides is 1. The minimum absolute atomic E-state index is 0.560. The van der Waals surface area contributed by atoms with E-state index in [0.717, 1.165) is 11.8 Å². The zero-order valence-electron chi connectivity index (χ0n) is 8.58. The Balaban J connectivity index is 1.76. The highest BCUT2D eigenvalue weighted by Gasteiger charge is 2.49. The van der Waals surface area contributed by atoms with E-state index >= 15 is 0 Å². The zero-order valence-corrected chi connectivity index (χ0v) is 8.58. The maximum Gasteiger partial charge on any atom is 0.404 e. The van der Waals surface area contributed by atoms with Crippen molar-refractivity contribution < 1.29 is 9.53 Å². The van der Waals surface area contributed by atoms with Crippen molar-refractivity contribution in [1.82, 2.24) is 0 Å². The Morgan fingerprint density at radius 3 is 2.21 bits per heavy atom. The van der Waals surface area contributed by atoms with E-state index in [4.69, 9.17) is 10.5 Å². The van der Waals surface area contributed by atoms with Crippen molar-refractivity contribution >= 4 is 6.09 Å². The second kappa shape index (κ2) is 4.20. The summed E-state index contributed by atoms with van der Waals surface area (Å²) in [7, 11) is 0. The van der Waals surface area contributed by atoms with Gasteiger partial charge in [-0.15, -0.1) is 0 Å². The van der Waals surface area contributed by atoms with Gasteiger partial charge in [0.05, 0.1) is 6.61 Å². The van der Waals surface area contributed by atoms with Crippen LogP contribution in [0.25, 0.3) is 0 Å². The van der Waals surface area contributed by atoms with Crippen LogP contribution in [0.3, 0.4) is 0 Å². The molecule has 0 radical (unpaired) electrons. The molecule has 2 rings (SSSR count). The van der Waals surface area contributed by atoms with Gasteiger partial charge >= 0.3 is 6.09 Å². The van der Waals surface area contributed by atoms with Gasteiger partial charge in [-0.2, -0.15) is 0 Å². The molecule has 0 aliphatic heterocycles. The molecule has 0 bridgehead atoms. The lowest BCUT2D eigenvalue weighted by Crippen LogP contribution is -2.15. The third kappa shape index (κ3) is 2.20. The molecule has 3 nitrogen and oxygen atoms in total. The predicted octanol–water partition coefficient (Wildman–Crippen LogP) is 2.30. The molecule has 2 aliphatic carbocycles. The van der Waals surface area contributed by atoms with Crippen LogP contribution in [0.2, 0.25) is 0 Å². The summed E-state index contributed by atoms with van der Waals surface area (Å²) < 4.78 is 4.88. The molecule has 80 valence electrons. The minimum Gasteiger partial charge on any atom is -0.449 e. The molecular weight excluding hydrogens is 178 g/mol. The molecule has 2 N–H and O–H groups in total. The van der Waals surface area contributed by atoms with E-state index in [9.17, 15) is 4.79 Å². The number of fused-ring (bicyclic) bond motifs is 1. The Morgan fingerprint density at radius 2 is 1.71 bits per heavy atom. The number of rotatable bonds is 2. The van der Waals surface area contributed by atoms with Crippen molar-refractivity contribution in [3.8, 4) is 0 Å². The molecule has 0 saturated heterocycles. The number of hydrogen-bond donors (Lipinski definition) is 1. The van der Waals surface area contributed by atoms with Crippen LogP contribution < -0.4 is 5.73 Å². The van der Waals surface area contributed by atoms with Crippen molar-refractivity contribution in [3.63, 3.8) is 0 Å². The Kier molecular flexibility index (Phi) is 2.94. The number of carbonyl (C=O) groups excluding carboxylic acids is 1.